The Morgan fingerprint density at radius 3 is 2.54 bits per heavy atom. The highest BCUT2D eigenvalue weighted by molar-refractivity contribution is 4.92. The van der Waals surface area contributed by atoms with Crippen molar-refractivity contribution in [3.8, 4) is 0 Å². The van der Waals surface area contributed by atoms with Crippen LogP contribution in [0.3, 0.4) is 0 Å². The van der Waals surface area contributed by atoms with Crippen LogP contribution in [0.4, 0.5) is 0 Å². The summed E-state index contributed by atoms with van der Waals surface area (Å²) in [4.78, 5) is 0. The van der Waals surface area contributed by atoms with Crippen molar-refractivity contribution in [3.63, 3.8) is 0 Å². The van der Waals surface area contributed by atoms with Crippen LogP contribution < -0.4 is 0 Å². The molecular weight excluding hydrogens is 176 g/mol. The van der Waals surface area contributed by atoms with Gasteiger partial charge in [0, 0.05) is 0 Å². The zero-order chi connectivity index (χ0) is 9.42. The van der Waals surface area contributed by atoms with E-state index in [0.29, 0.717) is 0 Å². The first-order chi connectivity index (χ1) is 6.22. The average molecular weight is 188 g/mol. The highest BCUT2D eigenvalue weighted by Gasteiger charge is 2.47. The lowest BCUT2D eigenvalue weighted by molar-refractivity contribution is -0.222. The lowest BCUT2D eigenvalue weighted by atomic mass is 10.1. The molecule has 74 valence electrons. The van der Waals surface area contributed by atoms with Crippen molar-refractivity contribution >= 4 is 0 Å². The van der Waals surface area contributed by atoms with Crippen molar-refractivity contribution in [2.24, 2.45) is 0 Å². The number of ether oxygens (including phenoxy) is 3. The second kappa shape index (κ2) is 3.36. The summed E-state index contributed by atoms with van der Waals surface area (Å²) in [6.07, 6.45) is -2.02. The molecule has 2 fully saturated rings. The van der Waals surface area contributed by atoms with Gasteiger partial charge in [0.2, 0.25) is 0 Å². The van der Waals surface area contributed by atoms with Crippen LogP contribution in [0.15, 0.2) is 12.7 Å². The van der Waals surface area contributed by atoms with Crippen molar-refractivity contribution in [2.45, 2.75) is 30.9 Å². The molecule has 2 aliphatic heterocycles. The third-order valence-electron chi connectivity index (χ3n) is 2.20. The van der Waals surface area contributed by atoms with E-state index in [1.807, 2.05) is 0 Å². The molecule has 0 aromatic carbocycles. The maximum atomic E-state index is 9.44. The Morgan fingerprint density at radius 2 is 1.92 bits per heavy atom. The first-order valence-corrected chi connectivity index (χ1v) is 4.13. The third-order valence-corrected chi connectivity index (χ3v) is 2.20. The molecule has 2 heterocycles. The van der Waals surface area contributed by atoms with Gasteiger partial charge in [-0.25, -0.2) is 0 Å². The first kappa shape index (κ1) is 9.11. The quantitative estimate of drug-likeness (QED) is 0.516. The fraction of sp³-hybridized carbons (Fsp3) is 0.750. The van der Waals surface area contributed by atoms with Crippen molar-refractivity contribution in [1.82, 2.24) is 0 Å². The van der Waals surface area contributed by atoms with Crippen LogP contribution in [0.2, 0.25) is 0 Å². The molecule has 0 spiro atoms. The molecule has 0 aliphatic carbocycles. The van der Waals surface area contributed by atoms with Crippen LogP contribution in [0.25, 0.3) is 0 Å². The minimum Gasteiger partial charge on any atom is -0.388 e. The zero-order valence-corrected chi connectivity index (χ0v) is 7.00. The van der Waals surface area contributed by atoms with Gasteiger partial charge in [-0.15, -0.1) is 0 Å². The van der Waals surface area contributed by atoms with Gasteiger partial charge in [-0.05, 0) is 6.08 Å². The lowest BCUT2D eigenvalue weighted by Crippen LogP contribution is -2.51. The maximum Gasteiger partial charge on any atom is 0.184 e. The number of hydrogen-bond acceptors (Lipinski definition) is 5. The summed E-state index contributed by atoms with van der Waals surface area (Å²) < 4.78 is 15.4. The maximum absolute atomic E-state index is 9.44. The van der Waals surface area contributed by atoms with Crippen LogP contribution in [0.5, 0.6) is 0 Å². The van der Waals surface area contributed by atoms with Crippen molar-refractivity contribution in [3.05, 3.63) is 12.7 Å². The number of rotatable bonds is 1. The first-order valence-electron chi connectivity index (χ1n) is 4.13. The molecule has 5 nitrogen and oxygen atoms in total. The molecule has 2 saturated heterocycles. The minimum atomic E-state index is -1.03. The van der Waals surface area contributed by atoms with Gasteiger partial charge in [-0.2, -0.15) is 0 Å². The highest BCUT2D eigenvalue weighted by atomic mass is 16.8. The standard InChI is InChI=1S/C8H12O5/c1-2-5-12-6-4(9)3-11-8(10)7(6)13-5/h2,4-10H,1,3H2. The Kier molecular flexibility index (Phi) is 2.35. The van der Waals surface area contributed by atoms with Gasteiger partial charge in [0.05, 0.1) is 6.61 Å². The molecule has 0 saturated carbocycles. The molecule has 13 heavy (non-hydrogen) atoms. The van der Waals surface area contributed by atoms with Gasteiger partial charge < -0.3 is 24.4 Å². The summed E-state index contributed by atoms with van der Waals surface area (Å²) in [7, 11) is 0. The van der Waals surface area contributed by atoms with Gasteiger partial charge in [0.25, 0.3) is 0 Å². The van der Waals surface area contributed by atoms with Gasteiger partial charge in [-0.1, -0.05) is 6.58 Å². The van der Waals surface area contributed by atoms with E-state index in [1.54, 1.807) is 0 Å². The van der Waals surface area contributed by atoms with Gasteiger partial charge in [-0.3, -0.25) is 0 Å². The molecule has 5 atom stereocenters. The predicted octanol–water partition coefficient (Wildman–Crippen LogP) is -1.01. The summed E-state index contributed by atoms with van der Waals surface area (Å²) >= 11 is 0. The second-order valence-corrected chi connectivity index (χ2v) is 3.10. The topological polar surface area (TPSA) is 68.2 Å². The number of hydrogen-bond donors (Lipinski definition) is 2. The Labute approximate surface area is 75.5 Å². The van der Waals surface area contributed by atoms with Crippen molar-refractivity contribution in [1.29, 1.82) is 0 Å². The summed E-state index contributed by atoms with van der Waals surface area (Å²) in [5, 5.41) is 18.8. The van der Waals surface area contributed by atoms with Crippen LogP contribution in [-0.2, 0) is 14.2 Å². The molecule has 5 heteroatoms. The number of aliphatic hydroxyl groups excluding tert-OH is 2. The third kappa shape index (κ3) is 1.49. The second-order valence-electron chi connectivity index (χ2n) is 3.10. The van der Waals surface area contributed by atoms with E-state index < -0.39 is 30.9 Å². The Morgan fingerprint density at radius 1 is 1.23 bits per heavy atom. The Balaban J connectivity index is 2.09. The predicted molar refractivity (Wildman–Crippen MR) is 41.7 cm³/mol. The summed E-state index contributed by atoms with van der Waals surface area (Å²) in [5.74, 6) is 0. The average Bonchev–Trinajstić information content (AvgIpc) is 2.56. The van der Waals surface area contributed by atoms with E-state index in [0.717, 1.165) is 0 Å². The molecule has 0 radical (unpaired) electrons. The largest absolute Gasteiger partial charge is 0.388 e. The molecule has 2 aliphatic rings. The van der Waals surface area contributed by atoms with E-state index in [4.69, 9.17) is 14.2 Å². The van der Waals surface area contributed by atoms with E-state index >= 15 is 0 Å². The van der Waals surface area contributed by atoms with E-state index in [9.17, 15) is 10.2 Å². The minimum absolute atomic E-state index is 0.0650. The van der Waals surface area contributed by atoms with E-state index in [2.05, 4.69) is 6.58 Å². The molecule has 0 bridgehead atoms. The molecule has 5 unspecified atom stereocenters. The number of aliphatic hydroxyl groups is 2. The van der Waals surface area contributed by atoms with E-state index in [-0.39, 0.29) is 6.61 Å². The monoisotopic (exact) mass is 188 g/mol. The normalized spacial score (nSPS) is 50.2. The molecule has 0 aromatic rings. The van der Waals surface area contributed by atoms with Crippen LogP contribution in [0.1, 0.15) is 0 Å². The summed E-state index contributed by atoms with van der Waals surface area (Å²) in [6.45, 7) is 3.56. The molecular formula is C8H12O5. The smallest absolute Gasteiger partial charge is 0.184 e. The summed E-state index contributed by atoms with van der Waals surface area (Å²) in [6, 6.07) is 0. The fourth-order valence-corrected chi connectivity index (χ4v) is 1.53. The fourth-order valence-electron chi connectivity index (χ4n) is 1.53. The summed E-state index contributed by atoms with van der Waals surface area (Å²) in [5.41, 5.74) is 0. The number of fused-ring (bicyclic) bond motifs is 1. The molecule has 0 aromatic heterocycles. The SMILES string of the molecule is C=CC1OC2C(O)COC(O)C2O1. The van der Waals surface area contributed by atoms with Crippen LogP contribution >= 0.6 is 0 Å². The Bertz CT molecular complexity index is 189. The van der Waals surface area contributed by atoms with Gasteiger partial charge in [0.15, 0.2) is 12.6 Å². The van der Waals surface area contributed by atoms with Crippen LogP contribution in [-0.4, -0.2) is 47.7 Å². The van der Waals surface area contributed by atoms with E-state index in [1.165, 1.54) is 6.08 Å². The van der Waals surface area contributed by atoms with Crippen LogP contribution in [0, 0.1) is 0 Å². The van der Waals surface area contributed by atoms with Gasteiger partial charge >= 0.3 is 0 Å². The molecule has 2 N–H and O–H groups in total. The van der Waals surface area contributed by atoms with Crippen molar-refractivity contribution in [2.75, 3.05) is 6.61 Å². The highest BCUT2D eigenvalue weighted by Crippen LogP contribution is 2.28. The molecule has 0 amide bonds. The van der Waals surface area contributed by atoms with Crippen molar-refractivity contribution < 1.29 is 24.4 Å². The molecule has 2 rings (SSSR count). The van der Waals surface area contributed by atoms with Gasteiger partial charge in [0.1, 0.15) is 18.3 Å². The Hall–Kier alpha value is -0.460. The zero-order valence-electron chi connectivity index (χ0n) is 7.00. The lowest BCUT2D eigenvalue weighted by Gasteiger charge is -2.31.